The van der Waals surface area contributed by atoms with Gasteiger partial charge in [0.15, 0.2) is 11.5 Å². The fourth-order valence-corrected chi connectivity index (χ4v) is 2.86. The van der Waals surface area contributed by atoms with Crippen LogP contribution in [0.5, 0.6) is 0 Å². The number of fused-ring (bicyclic) bond motifs is 1. The zero-order valence-corrected chi connectivity index (χ0v) is 13.9. The van der Waals surface area contributed by atoms with Gasteiger partial charge in [0.1, 0.15) is 0 Å². The van der Waals surface area contributed by atoms with E-state index in [1.54, 1.807) is 10.9 Å². The summed E-state index contributed by atoms with van der Waals surface area (Å²) in [5.74, 6) is 1.20. The number of hydrogen-bond acceptors (Lipinski definition) is 4. The van der Waals surface area contributed by atoms with Crippen LogP contribution in [0.2, 0.25) is 0 Å². The van der Waals surface area contributed by atoms with Gasteiger partial charge in [-0.3, -0.25) is 0 Å². The van der Waals surface area contributed by atoms with E-state index in [-0.39, 0.29) is 0 Å². The van der Waals surface area contributed by atoms with Crippen LogP contribution >= 0.6 is 0 Å². The van der Waals surface area contributed by atoms with Crippen LogP contribution in [0, 0.1) is 6.92 Å². The first-order valence-corrected chi connectivity index (χ1v) is 7.95. The molecule has 0 unspecified atom stereocenters. The van der Waals surface area contributed by atoms with E-state index >= 15 is 0 Å². The van der Waals surface area contributed by atoms with E-state index in [4.69, 9.17) is 4.98 Å². The molecule has 4 rings (SSSR count). The van der Waals surface area contributed by atoms with Crippen molar-refractivity contribution in [3.8, 4) is 16.9 Å². The van der Waals surface area contributed by atoms with Gasteiger partial charge in [-0.1, -0.05) is 19.9 Å². The maximum absolute atomic E-state index is 4.76. The van der Waals surface area contributed by atoms with Crippen molar-refractivity contribution in [3.05, 3.63) is 60.4 Å². The van der Waals surface area contributed by atoms with Crippen LogP contribution in [0.1, 0.15) is 31.0 Å². The number of rotatable bonds is 3. The number of nitrogens with zero attached hydrogens (tertiary/aromatic N) is 6. The number of aromatic nitrogens is 6. The highest BCUT2D eigenvalue weighted by atomic mass is 15.3. The van der Waals surface area contributed by atoms with Crippen molar-refractivity contribution in [3.63, 3.8) is 0 Å². The molecule has 6 heteroatoms. The van der Waals surface area contributed by atoms with Crippen molar-refractivity contribution in [1.29, 1.82) is 0 Å². The second-order valence-corrected chi connectivity index (χ2v) is 6.12. The molecule has 0 radical (unpaired) electrons. The van der Waals surface area contributed by atoms with E-state index in [0.29, 0.717) is 5.92 Å². The van der Waals surface area contributed by atoms with Crippen molar-refractivity contribution in [2.75, 3.05) is 0 Å². The second-order valence-electron chi connectivity index (χ2n) is 6.12. The van der Waals surface area contributed by atoms with Crippen molar-refractivity contribution >= 4 is 5.65 Å². The Labute approximate surface area is 139 Å². The normalized spacial score (nSPS) is 11.5. The zero-order valence-electron chi connectivity index (χ0n) is 13.9. The summed E-state index contributed by atoms with van der Waals surface area (Å²) in [4.78, 5) is 9.08. The van der Waals surface area contributed by atoms with Gasteiger partial charge < -0.3 is 0 Å². The minimum Gasteiger partial charge on any atom is -0.237 e. The Kier molecular flexibility index (Phi) is 3.37. The summed E-state index contributed by atoms with van der Waals surface area (Å²) in [5.41, 5.74) is 5.03. The van der Waals surface area contributed by atoms with Crippen LogP contribution in [-0.2, 0) is 0 Å². The third kappa shape index (κ3) is 2.36. The van der Waals surface area contributed by atoms with Gasteiger partial charge in [0.2, 0.25) is 0 Å². The SMILES string of the molecule is Cc1nc2c(-c3cnn(-c4ccccn4)c3)cnn2cc1C(C)C. The molecule has 0 spiro atoms. The van der Waals surface area contributed by atoms with Gasteiger partial charge in [-0.2, -0.15) is 10.2 Å². The Morgan fingerprint density at radius 1 is 1.04 bits per heavy atom. The average Bonchev–Trinajstić information content (AvgIpc) is 3.21. The smallest absolute Gasteiger partial charge is 0.163 e. The van der Waals surface area contributed by atoms with Crippen LogP contribution in [0.25, 0.3) is 22.6 Å². The van der Waals surface area contributed by atoms with Gasteiger partial charge in [-0.15, -0.1) is 0 Å². The van der Waals surface area contributed by atoms with Gasteiger partial charge in [-0.05, 0) is 30.5 Å². The lowest BCUT2D eigenvalue weighted by Crippen LogP contribution is -2.01. The first-order chi connectivity index (χ1) is 11.6. The standard InChI is InChI=1S/C18H18N6/c1-12(2)16-11-24-18(22-13(16)3)15(9-21-24)14-8-20-23(10-14)17-6-4-5-7-19-17/h4-12H,1-3H3. The van der Waals surface area contributed by atoms with Crippen molar-refractivity contribution in [1.82, 2.24) is 29.4 Å². The Balaban J connectivity index is 1.80. The molecule has 0 aliphatic heterocycles. The van der Waals surface area contributed by atoms with Gasteiger partial charge in [0, 0.05) is 35.4 Å². The second kappa shape index (κ2) is 5.56. The van der Waals surface area contributed by atoms with Gasteiger partial charge >= 0.3 is 0 Å². The highest BCUT2D eigenvalue weighted by Gasteiger charge is 2.14. The van der Waals surface area contributed by atoms with Crippen molar-refractivity contribution in [2.24, 2.45) is 0 Å². The lowest BCUT2D eigenvalue weighted by Gasteiger charge is -2.09. The molecule has 6 nitrogen and oxygen atoms in total. The first-order valence-electron chi connectivity index (χ1n) is 7.95. The molecule has 0 aromatic carbocycles. The van der Waals surface area contributed by atoms with Crippen LogP contribution < -0.4 is 0 Å². The molecule has 0 amide bonds. The van der Waals surface area contributed by atoms with E-state index in [2.05, 4.69) is 35.2 Å². The molecule has 24 heavy (non-hydrogen) atoms. The molecule has 0 aliphatic rings. The summed E-state index contributed by atoms with van der Waals surface area (Å²) in [6.07, 6.45) is 9.43. The highest BCUT2D eigenvalue weighted by molar-refractivity contribution is 5.76. The largest absolute Gasteiger partial charge is 0.237 e. The van der Waals surface area contributed by atoms with Crippen LogP contribution in [-0.4, -0.2) is 29.4 Å². The number of hydrogen-bond donors (Lipinski definition) is 0. The zero-order chi connectivity index (χ0) is 16.7. The monoisotopic (exact) mass is 318 g/mol. The van der Waals surface area contributed by atoms with E-state index in [1.165, 1.54) is 5.56 Å². The summed E-state index contributed by atoms with van der Waals surface area (Å²) in [6.45, 7) is 6.37. The predicted octanol–water partition coefficient (Wildman–Crippen LogP) is 3.41. The molecule has 0 aliphatic carbocycles. The number of aryl methyl sites for hydroxylation is 1. The fourth-order valence-electron chi connectivity index (χ4n) is 2.86. The molecule has 0 atom stereocenters. The van der Waals surface area contributed by atoms with Crippen molar-refractivity contribution < 1.29 is 0 Å². The topological polar surface area (TPSA) is 60.9 Å². The third-order valence-corrected chi connectivity index (χ3v) is 4.12. The summed E-state index contributed by atoms with van der Waals surface area (Å²) >= 11 is 0. The molecule has 0 bridgehead atoms. The molecular weight excluding hydrogens is 300 g/mol. The maximum Gasteiger partial charge on any atom is 0.163 e. The van der Waals surface area contributed by atoms with Gasteiger partial charge in [0.05, 0.1) is 12.4 Å². The van der Waals surface area contributed by atoms with E-state index in [9.17, 15) is 0 Å². The lowest BCUT2D eigenvalue weighted by atomic mass is 10.0. The average molecular weight is 318 g/mol. The van der Waals surface area contributed by atoms with E-state index < -0.39 is 0 Å². The molecule has 0 N–H and O–H groups in total. The fraction of sp³-hybridized carbons (Fsp3) is 0.222. The highest BCUT2D eigenvalue weighted by Crippen LogP contribution is 2.26. The Hall–Kier alpha value is -3.02. The molecule has 0 saturated heterocycles. The van der Waals surface area contributed by atoms with Crippen LogP contribution in [0.15, 0.2) is 49.2 Å². The third-order valence-electron chi connectivity index (χ3n) is 4.12. The molecule has 4 aromatic rings. The molecule has 0 fully saturated rings. The lowest BCUT2D eigenvalue weighted by molar-refractivity contribution is 0.806. The molecule has 0 saturated carbocycles. The molecule has 4 heterocycles. The Bertz CT molecular complexity index is 997. The number of pyridine rings is 1. The van der Waals surface area contributed by atoms with E-state index in [1.807, 2.05) is 48.2 Å². The minimum atomic E-state index is 0.418. The van der Waals surface area contributed by atoms with Crippen LogP contribution in [0.4, 0.5) is 0 Å². The molecule has 4 aromatic heterocycles. The summed E-state index contributed by atoms with van der Waals surface area (Å²) < 4.78 is 3.60. The minimum absolute atomic E-state index is 0.418. The van der Waals surface area contributed by atoms with Gasteiger partial charge in [0.25, 0.3) is 0 Å². The Morgan fingerprint density at radius 2 is 1.92 bits per heavy atom. The van der Waals surface area contributed by atoms with Crippen molar-refractivity contribution in [2.45, 2.75) is 26.7 Å². The summed E-state index contributed by atoms with van der Waals surface area (Å²) in [5, 5.41) is 8.87. The molecule has 120 valence electrons. The quantitative estimate of drug-likeness (QED) is 0.581. The predicted molar refractivity (Wildman–Crippen MR) is 92.2 cm³/mol. The Morgan fingerprint density at radius 3 is 2.67 bits per heavy atom. The maximum atomic E-state index is 4.76. The van der Waals surface area contributed by atoms with Crippen LogP contribution in [0.3, 0.4) is 0 Å². The summed E-state index contributed by atoms with van der Waals surface area (Å²) in [6, 6.07) is 5.75. The van der Waals surface area contributed by atoms with E-state index in [0.717, 1.165) is 28.3 Å². The first kappa shape index (κ1) is 14.6. The van der Waals surface area contributed by atoms with Gasteiger partial charge in [-0.25, -0.2) is 19.2 Å². The summed E-state index contributed by atoms with van der Waals surface area (Å²) in [7, 11) is 0. The molecular formula is C18H18N6.